The number of halogens is 4. The molecule has 1 saturated carbocycles. The van der Waals surface area contributed by atoms with Gasteiger partial charge in [-0.1, -0.05) is 29.8 Å². The zero-order valence-corrected chi connectivity index (χ0v) is 10.7. The van der Waals surface area contributed by atoms with Crippen LogP contribution in [0.3, 0.4) is 0 Å². The highest BCUT2D eigenvalue weighted by Crippen LogP contribution is 2.63. The van der Waals surface area contributed by atoms with E-state index < -0.39 is 32.9 Å². The van der Waals surface area contributed by atoms with Crippen LogP contribution in [0.4, 0.5) is 8.78 Å². The van der Waals surface area contributed by atoms with Gasteiger partial charge in [0.15, 0.2) is 0 Å². The maximum atomic E-state index is 12.8. The molecule has 1 aliphatic rings. The van der Waals surface area contributed by atoms with Crippen LogP contribution in [0.2, 0.25) is 0 Å². The van der Waals surface area contributed by atoms with Crippen molar-refractivity contribution in [3.63, 3.8) is 0 Å². The van der Waals surface area contributed by atoms with Crippen molar-refractivity contribution in [1.82, 2.24) is 0 Å². The average molecular weight is 335 g/mol. The Kier molecular flexibility index (Phi) is 3.00. The molecule has 82 valence electrons. The molecule has 0 saturated heterocycles. The van der Waals surface area contributed by atoms with Crippen LogP contribution in [0.5, 0.6) is 0 Å². The summed E-state index contributed by atoms with van der Waals surface area (Å²) in [5.41, 5.74) is -0.635. The third kappa shape index (κ3) is 1.96. The van der Waals surface area contributed by atoms with Crippen LogP contribution in [0, 0.1) is 17.3 Å². The van der Waals surface area contributed by atoms with E-state index in [0.29, 0.717) is 0 Å². The fourth-order valence-corrected chi connectivity index (χ4v) is 3.15. The molecule has 14 heavy (non-hydrogen) atoms. The Labute approximate surface area is 97.3 Å². The van der Waals surface area contributed by atoms with Crippen molar-refractivity contribution in [2.75, 3.05) is 0 Å². The summed E-state index contributed by atoms with van der Waals surface area (Å²) in [4.78, 5) is 6.34. The van der Waals surface area contributed by atoms with Gasteiger partial charge in [0.25, 0.3) is 0 Å². The first kappa shape index (κ1) is 12.4. The lowest BCUT2D eigenvalue weighted by Gasteiger charge is -2.17. The first-order valence-electron chi connectivity index (χ1n) is 4.01. The highest BCUT2D eigenvalue weighted by Gasteiger charge is 2.65. The second-order valence-electron chi connectivity index (χ2n) is 4.09. The zero-order chi connectivity index (χ0) is 11.3. The van der Waals surface area contributed by atoms with Gasteiger partial charge in [-0.05, 0) is 27.3 Å². The fraction of sp³-hybridized carbons (Fsp3) is 0.875. The number of carbonyl (C=O) groups is 1. The Balaban J connectivity index is 2.79. The molecule has 0 N–H and O–H groups in total. The molecule has 1 rings (SSSR count). The van der Waals surface area contributed by atoms with Crippen LogP contribution in [0.25, 0.3) is 0 Å². The predicted octanol–water partition coefficient (Wildman–Crippen LogP) is 1.76. The lowest BCUT2D eigenvalue weighted by Crippen LogP contribution is -2.29. The van der Waals surface area contributed by atoms with Gasteiger partial charge in [0.1, 0.15) is 0 Å². The third-order valence-corrected chi connectivity index (χ3v) is 5.04. The number of rotatable bonds is 3. The number of carboxylic acid groups (broad SMARTS) is 1. The third-order valence-electron chi connectivity index (χ3n) is 2.79. The standard InChI is InChI=1S/C8H10Br2F2O2/c1-7(2)3(4(7)6(13)14)5(9)8(10,11)12/h3-5H,1-2H3,(H,13,14)/p-1/t3-,4-,5?/m0/s1. The molecule has 6 heteroatoms. The van der Waals surface area contributed by atoms with E-state index in [1.54, 1.807) is 13.8 Å². The van der Waals surface area contributed by atoms with Gasteiger partial charge in [0.05, 0.1) is 4.83 Å². The van der Waals surface area contributed by atoms with Gasteiger partial charge >= 0.3 is 4.83 Å². The molecule has 0 heterocycles. The highest BCUT2D eigenvalue weighted by molar-refractivity contribution is 9.12. The molecule has 0 aromatic carbocycles. The largest absolute Gasteiger partial charge is 0.550 e. The number of aliphatic carboxylic acids is 1. The van der Waals surface area contributed by atoms with E-state index in [0.717, 1.165) is 0 Å². The molecule has 1 aliphatic carbocycles. The average Bonchev–Trinajstić information content (AvgIpc) is 2.49. The lowest BCUT2D eigenvalue weighted by molar-refractivity contribution is -0.309. The SMILES string of the molecule is CC1(C)[C@H](C(=O)[O-])[C@H]1C(Br)C(F)(F)Br. The van der Waals surface area contributed by atoms with E-state index in [-0.39, 0.29) is 0 Å². The number of hydrogen-bond acceptors (Lipinski definition) is 2. The van der Waals surface area contributed by atoms with Crippen molar-refractivity contribution >= 4 is 37.8 Å². The summed E-state index contributed by atoms with van der Waals surface area (Å²) >= 11 is 5.04. The zero-order valence-electron chi connectivity index (χ0n) is 7.56. The molecular weight excluding hydrogens is 326 g/mol. The molecule has 0 spiro atoms. The van der Waals surface area contributed by atoms with E-state index in [1.165, 1.54) is 0 Å². The van der Waals surface area contributed by atoms with Crippen molar-refractivity contribution in [1.29, 1.82) is 0 Å². The van der Waals surface area contributed by atoms with Crippen LogP contribution in [-0.2, 0) is 4.79 Å². The van der Waals surface area contributed by atoms with Crippen molar-refractivity contribution in [2.24, 2.45) is 17.3 Å². The van der Waals surface area contributed by atoms with Crippen molar-refractivity contribution in [3.05, 3.63) is 0 Å². The molecule has 0 bridgehead atoms. The summed E-state index contributed by atoms with van der Waals surface area (Å²) in [6.45, 7) is 3.29. The smallest absolute Gasteiger partial charge is 0.313 e. The van der Waals surface area contributed by atoms with E-state index in [2.05, 4.69) is 31.9 Å². The predicted molar refractivity (Wildman–Crippen MR) is 52.4 cm³/mol. The topological polar surface area (TPSA) is 40.1 Å². The number of hydrogen-bond donors (Lipinski definition) is 0. The fourth-order valence-electron chi connectivity index (χ4n) is 1.88. The Morgan fingerprint density at radius 1 is 1.57 bits per heavy atom. The number of alkyl halides is 4. The molecule has 1 fully saturated rings. The van der Waals surface area contributed by atoms with Crippen molar-refractivity contribution in [2.45, 2.75) is 23.5 Å². The minimum atomic E-state index is -3.10. The molecule has 3 atom stereocenters. The van der Waals surface area contributed by atoms with Gasteiger partial charge in [-0.3, -0.25) is 0 Å². The number of carboxylic acids is 1. The van der Waals surface area contributed by atoms with Crippen LogP contribution in [-0.4, -0.2) is 15.6 Å². The Bertz CT molecular complexity index is 263. The van der Waals surface area contributed by atoms with Crippen LogP contribution < -0.4 is 5.11 Å². The van der Waals surface area contributed by atoms with Crippen LogP contribution in [0.15, 0.2) is 0 Å². The molecule has 0 aliphatic heterocycles. The van der Waals surface area contributed by atoms with Crippen molar-refractivity contribution in [3.8, 4) is 0 Å². The quantitative estimate of drug-likeness (QED) is 0.738. The van der Waals surface area contributed by atoms with Gasteiger partial charge in [0, 0.05) is 11.9 Å². The summed E-state index contributed by atoms with van der Waals surface area (Å²) in [5, 5.41) is 10.6. The number of carbonyl (C=O) groups excluding carboxylic acids is 1. The van der Waals surface area contributed by atoms with Gasteiger partial charge in [0.2, 0.25) is 0 Å². The normalized spacial score (nSPS) is 32.4. The van der Waals surface area contributed by atoms with Crippen LogP contribution in [0.1, 0.15) is 13.8 Å². The van der Waals surface area contributed by atoms with Crippen LogP contribution >= 0.6 is 31.9 Å². The van der Waals surface area contributed by atoms with Gasteiger partial charge in [-0.25, -0.2) is 0 Å². The van der Waals surface area contributed by atoms with E-state index in [4.69, 9.17) is 0 Å². The first-order chi connectivity index (χ1) is 6.10. The maximum absolute atomic E-state index is 12.8. The minimum Gasteiger partial charge on any atom is -0.550 e. The first-order valence-corrected chi connectivity index (χ1v) is 5.72. The molecular formula is C8H9Br2F2O2-. The summed E-state index contributed by atoms with van der Waals surface area (Å²) in [6, 6.07) is 0. The summed E-state index contributed by atoms with van der Waals surface area (Å²) < 4.78 is 25.7. The molecule has 0 aromatic rings. The Morgan fingerprint density at radius 2 is 2.00 bits per heavy atom. The van der Waals surface area contributed by atoms with Gasteiger partial charge in [-0.15, -0.1) is 0 Å². The Hall–Kier alpha value is 0.290. The summed E-state index contributed by atoms with van der Waals surface area (Å²) in [7, 11) is 0. The molecule has 0 aromatic heterocycles. The Morgan fingerprint density at radius 3 is 2.21 bits per heavy atom. The second kappa shape index (κ2) is 3.40. The molecule has 1 unspecified atom stereocenters. The summed E-state index contributed by atoms with van der Waals surface area (Å²) in [6.07, 6.45) is 0. The highest BCUT2D eigenvalue weighted by atomic mass is 79.9. The minimum absolute atomic E-state index is 0.609. The van der Waals surface area contributed by atoms with E-state index in [9.17, 15) is 18.7 Å². The van der Waals surface area contributed by atoms with E-state index in [1.807, 2.05) is 0 Å². The van der Waals surface area contributed by atoms with Gasteiger partial charge < -0.3 is 9.90 Å². The monoisotopic (exact) mass is 333 g/mol. The van der Waals surface area contributed by atoms with Gasteiger partial charge in [-0.2, -0.15) is 8.78 Å². The lowest BCUT2D eigenvalue weighted by atomic mass is 10.1. The maximum Gasteiger partial charge on any atom is 0.313 e. The molecule has 0 radical (unpaired) electrons. The van der Waals surface area contributed by atoms with E-state index >= 15 is 0 Å². The second-order valence-corrected chi connectivity index (χ2v) is 6.13. The van der Waals surface area contributed by atoms with Crippen molar-refractivity contribution < 1.29 is 18.7 Å². The molecule has 0 amide bonds. The summed E-state index contributed by atoms with van der Waals surface area (Å²) in [5.74, 6) is -2.68. The molecule has 2 nitrogen and oxygen atoms in total.